The first kappa shape index (κ1) is 13.9. The minimum absolute atomic E-state index is 0.0197. The summed E-state index contributed by atoms with van der Waals surface area (Å²) >= 11 is 0.901. The van der Waals surface area contributed by atoms with Gasteiger partial charge in [0.15, 0.2) is 5.00 Å². The molecule has 0 fully saturated rings. The van der Waals surface area contributed by atoms with Crippen LogP contribution in [0.1, 0.15) is 20.8 Å². The van der Waals surface area contributed by atoms with Crippen molar-refractivity contribution in [3.05, 3.63) is 35.5 Å². The third-order valence-corrected chi connectivity index (χ3v) is 3.07. The summed E-state index contributed by atoms with van der Waals surface area (Å²) in [6.45, 7) is 0. The van der Waals surface area contributed by atoms with Crippen LogP contribution in [0.25, 0.3) is 0 Å². The maximum absolute atomic E-state index is 12.1. The van der Waals surface area contributed by atoms with Gasteiger partial charge in [0.2, 0.25) is 5.69 Å². The lowest BCUT2D eigenvalue weighted by Crippen LogP contribution is -2.14. The number of benzene rings is 1. The molecule has 0 spiro atoms. The number of carbonyl (C=O) groups excluding carboxylic acids is 2. The average Bonchev–Trinajstić information content (AvgIpc) is 2.94. The summed E-state index contributed by atoms with van der Waals surface area (Å²) in [4.78, 5) is 23.5. The molecule has 0 aliphatic carbocycles. The number of amides is 1. The zero-order valence-electron chi connectivity index (χ0n) is 10.7. The summed E-state index contributed by atoms with van der Waals surface area (Å²) in [7, 11) is 2.74. The number of carbonyl (C=O) groups is 2. The summed E-state index contributed by atoms with van der Waals surface area (Å²) in [5.41, 5.74) is 0.377. The number of anilines is 1. The fourth-order valence-electron chi connectivity index (χ4n) is 1.44. The second kappa shape index (κ2) is 6.11. The van der Waals surface area contributed by atoms with Gasteiger partial charge in [-0.1, -0.05) is 10.6 Å². The molecule has 2 rings (SSSR count). The Balaban J connectivity index is 2.19. The van der Waals surface area contributed by atoms with Crippen LogP contribution < -0.4 is 10.1 Å². The van der Waals surface area contributed by atoms with E-state index in [1.54, 1.807) is 24.3 Å². The van der Waals surface area contributed by atoms with E-state index in [4.69, 9.17) is 4.74 Å². The van der Waals surface area contributed by atoms with Gasteiger partial charge in [-0.25, -0.2) is 4.79 Å². The fraction of sp³-hybridized carbons (Fsp3) is 0.167. The van der Waals surface area contributed by atoms with E-state index in [9.17, 15) is 9.59 Å². The minimum atomic E-state index is -0.653. The lowest BCUT2D eigenvalue weighted by atomic mass is 10.2. The monoisotopic (exact) mass is 293 g/mol. The van der Waals surface area contributed by atoms with Gasteiger partial charge in [0.25, 0.3) is 5.91 Å². The predicted octanol–water partition coefficient (Wildman–Crippen LogP) is 1.59. The maximum Gasteiger partial charge on any atom is 0.361 e. The Kier molecular flexibility index (Phi) is 4.26. The summed E-state index contributed by atoms with van der Waals surface area (Å²) in [5.74, 6) is -0.479. The molecule has 1 amide bonds. The maximum atomic E-state index is 12.1. The summed E-state index contributed by atoms with van der Waals surface area (Å²) in [6.07, 6.45) is 0. The van der Waals surface area contributed by atoms with Crippen LogP contribution in [0.5, 0.6) is 5.75 Å². The van der Waals surface area contributed by atoms with Gasteiger partial charge >= 0.3 is 5.97 Å². The zero-order chi connectivity index (χ0) is 14.5. The van der Waals surface area contributed by atoms with Gasteiger partial charge in [-0.2, -0.15) is 0 Å². The summed E-state index contributed by atoms with van der Waals surface area (Å²) in [5, 5.41) is 6.43. The molecule has 1 aromatic carbocycles. The van der Waals surface area contributed by atoms with Crippen molar-refractivity contribution in [3.63, 3.8) is 0 Å². The Morgan fingerprint density at radius 1 is 1.30 bits per heavy atom. The normalized spacial score (nSPS) is 9.90. The Bertz CT molecular complexity index is 641. The molecule has 0 atom stereocenters. The van der Waals surface area contributed by atoms with Crippen LogP contribution in [0.15, 0.2) is 24.3 Å². The molecule has 8 heteroatoms. The highest BCUT2D eigenvalue weighted by atomic mass is 32.1. The molecule has 0 radical (unpaired) electrons. The van der Waals surface area contributed by atoms with Crippen molar-refractivity contribution < 1.29 is 19.1 Å². The standard InChI is InChI=1S/C12H11N3O4S/c1-18-8-5-3-4-7(6-8)10(16)13-11-9(12(17)19-2)14-15-20-11/h3-6H,1-2H3,(H,13,16). The van der Waals surface area contributed by atoms with Crippen LogP contribution in [-0.4, -0.2) is 35.7 Å². The molecule has 0 unspecified atom stereocenters. The molecule has 104 valence electrons. The first-order chi connectivity index (χ1) is 9.65. The predicted molar refractivity (Wildman–Crippen MR) is 72.2 cm³/mol. The van der Waals surface area contributed by atoms with Crippen molar-refractivity contribution in [1.82, 2.24) is 9.59 Å². The highest BCUT2D eigenvalue weighted by Gasteiger charge is 2.19. The number of hydrogen-bond donors (Lipinski definition) is 1. The fourth-order valence-corrected chi connectivity index (χ4v) is 2.00. The van der Waals surface area contributed by atoms with E-state index in [1.165, 1.54) is 14.2 Å². The Morgan fingerprint density at radius 3 is 2.80 bits per heavy atom. The molecular formula is C12H11N3O4S. The molecule has 2 aromatic rings. The van der Waals surface area contributed by atoms with E-state index >= 15 is 0 Å². The van der Waals surface area contributed by atoms with Crippen LogP contribution in [0, 0.1) is 0 Å². The Morgan fingerprint density at radius 2 is 2.10 bits per heavy atom. The number of ether oxygens (including phenoxy) is 2. The lowest BCUT2D eigenvalue weighted by Gasteiger charge is -2.05. The van der Waals surface area contributed by atoms with E-state index in [1.807, 2.05) is 0 Å². The molecule has 1 heterocycles. The van der Waals surface area contributed by atoms with Gasteiger partial charge in [-0.05, 0) is 18.2 Å². The van der Waals surface area contributed by atoms with Gasteiger partial charge in [-0.3, -0.25) is 4.79 Å². The molecule has 1 aromatic heterocycles. The number of methoxy groups -OCH3 is 2. The van der Waals surface area contributed by atoms with Crippen LogP contribution in [-0.2, 0) is 4.74 Å². The average molecular weight is 293 g/mol. The van der Waals surface area contributed by atoms with Gasteiger partial charge in [-0.15, -0.1) is 5.10 Å². The van der Waals surface area contributed by atoms with Crippen LogP contribution in [0.4, 0.5) is 5.00 Å². The number of nitrogens with one attached hydrogen (secondary N) is 1. The van der Waals surface area contributed by atoms with E-state index in [0.717, 1.165) is 11.5 Å². The number of aromatic nitrogens is 2. The third-order valence-electron chi connectivity index (χ3n) is 2.43. The van der Waals surface area contributed by atoms with E-state index < -0.39 is 5.97 Å². The Hall–Kier alpha value is -2.48. The highest BCUT2D eigenvalue weighted by molar-refractivity contribution is 7.10. The van der Waals surface area contributed by atoms with Crippen molar-refractivity contribution in [2.45, 2.75) is 0 Å². The summed E-state index contributed by atoms with van der Waals surface area (Å²) in [6, 6.07) is 6.64. The highest BCUT2D eigenvalue weighted by Crippen LogP contribution is 2.20. The van der Waals surface area contributed by atoms with Gasteiger partial charge in [0.1, 0.15) is 5.75 Å². The molecule has 0 aliphatic heterocycles. The SMILES string of the molecule is COC(=O)c1nnsc1NC(=O)c1cccc(OC)c1. The van der Waals surface area contributed by atoms with Crippen molar-refractivity contribution in [1.29, 1.82) is 0 Å². The largest absolute Gasteiger partial charge is 0.497 e. The molecule has 0 bridgehead atoms. The van der Waals surface area contributed by atoms with Gasteiger partial charge in [0, 0.05) is 17.1 Å². The smallest absolute Gasteiger partial charge is 0.361 e. The van der Waals surface area contributed by atoms with Crippen molar-refractivity contribution in [3.8, 4) is 5.75 Å². The van der Waals surface area contributed by atoms with Crippen molar-refractivity contribution >= 4 is 28.4 Å². The summed E-state index contributed by atoms with van der Waals surface area (Å²) < 4.78 is 13.2. The minimum Gasteiger partial charge on any atom is -0.497 e. The quantitative estimate of drug-likeness (QED) is 0.861. The van der Waals surface area contributed by atoms with E-state index in [0.29, 0.717) is 11.3 Å². The third kappa shape index (κ3) is 2.91. The molecule has 0 saturated carbocycles. The second-order valence-corrected chi connectivity index (χ2v) is 4.38. The van der Waals surface area contributed by atoms with Crippen LogP contribution >= 0.6 is 11.5 Å². The molecule has 0 saturated heterocycles. The molecule has 1 N–H and O–H groups in total. The number of hydrogen-bond acceptors (Lipinski definition) is 7. The topological polar surface area (TPSA) is 90.4 Å². The van der Waals surface area contributed by atoms with Crippen molar-refractivity contribution in [2.75, 3.05) is 19.5 Å². The molecule has 20 heavy (non-hydrogen) atoms. The first-order valence-electron chi connectivity index (χ1n) is 5.51. The van der Waals surface area contributed by atoms with Gasteiger partial charge in [0.05, 0.1) is 14.2 Å². The lowest BCUT2D eigenvalue weighted by molar-refractivity contribution is 0.0595. The van der Waals surface area contributed by atoms with Gasteiger partial charge < -0.3 is 14.8 Å². The second-order valence-electron chi connectivity index (χ2n) is 3.63. The number of rotatable bonds is 4. The zero-order valence-corrected chi connectivity index (χ0v) is 11.6. The Labute approximate surface area is 118 Å². The molecule has 7 nitrogen and oxygen atoms in total. The number of esters is 1. The first-order valence-corrected chi connectivity index (χ1v) is 6.29. The van der Waals surface area contributed by atoms with E-state index in [2.05, 4.69) is 19.6 Å². The van der Waals surface area contributed by atoms with Crippen LogP contribution in [0.2, 0.25) is 0 Å². The molecule has 0 aliphatic rings. The van der Waals surface area contributed by atoms with Crippen molar-refractivity contribution in [2.24, 2.45) is 0 Å². The number of nitrogens with zero attached hydrogens (tertiary/aromatic N) is 2. The van der Waals surface area contributed by atoms with Crippen LogP contribution in [0.3, 0.4) is 0 Å². The molecular weight excluding hydrogens is 282 g/mol. The van der Waals surface area contributed by atoms with E-state index in [-0.39, 0.29) is 16.6 Å².